The summed E-state index contributed by atoms with van der Waals surface area (Å²) in [5.41, 5.74) is 3.52. The van der Waals surface area contributed by atoms with Crippen LogP contribution >= 0.6 is 0 Å². The highest BCUT2D eigenvalue weighted by Crippen LogP contribution is 2.41. The van der Waals surface area contributed by atoms with E-state index in [1.165, 1.54) is 5.56 Å². The van der Waals surface area contributed by atoms with Crippen molar-refractivity contribution in [1.82, 2.24) is 9.88 Å². The molecule has 2 rings (SSSR count). The van der Waals surface area contributed by atoms with Crippen molar-refractivity contribution < 1.29 is 19.7 Å². The largest absolute Gasteiger partial charge is 0.491 e. The van der Waals surface area contributed by atoms with Crippen molar-refractivity contribution in [1.29, 1.82) is 0 Å². The predicted octanol–water partition coefficient (Wildman–Crippen LogP) is 4.82. The van der Waals surface area contributed by atoms with Crippen LogP contribution in [0, 0.1) is 12.3 Å². The summed E-state index contributed by atoms with van der Waals surface area (Å²) in [6.45, 7) is 15.9. The van der Waals surface area contributed by atoms with E-state index in [1.54, 1.807) is 0 Å². The molecular weight excluding hydrogens is 428 g/mol. The lowest BCUT2D eigenvalue weighted by molar-refractivity contribution is 0.0216. The van der Waals surface area contributed by atoms with Gasteiger partial charge in [0.2, 0.25) is 0 Å². The number of nitrogens with one attached hydrogen (secondary N) is 1. The smallest absolute Gasteiger partial charge is 0.267 e. The molecule has 1 aromatic heterocycles. The second-order valence-corrected chi connectivity index (χ2v) is 10.1. The third-order valence-electron chi connectivity index (χ3n) is 6.97. The molecule has 0 radical (unpaired) electrons. The van der Waals surface area contributed by atoms with Gasteiger partial charge in [-0.25, -0.2) is 0 Å². The van der Waals surface area contributed by atoms with Crippen LogP contribution in [0.1, 0.15) is 88.1 Å². The van der Waals surface area contributed by atoms with Crippen LogP contribution in [-0.4, -0.2) is 46.5 Å². The van der Waals surface area contributed by atoms with Crippen LogP contribution in [0.4, 0.5) is 0 Å². The number of hydrogen-bond donors (Lipinski definition) is 3. The van der Waals surface area contributed by atoms with Gasteiger partial charge in [0.1, 0.15) is 18.1 Å². The molecule has 1 heterocycles. The zero-order valence-corrected chi connectivity index (χ0v) is 22.1. The predicted molar refractivity (Wildman–Crippen MR) is 138 cm³/mol. The number of aliphatic hydroxyl groups is 2. The van der Waals surface area contributed by atoms with Crippen LogP contribution in [0.2, 0.25) is 0 Å². The molecule has 0 bridgehead atoms. The first kappa shape index (κ1) is 27.9. The van der Waals surface area contributed by atoms with Crippen molar-refractivity contribution in [2.75, 3.05) is 19.8 Å². The van der Waals surface area contributed by atoms with Gasteiger partial charge in [0.05, 0.1) is 6.10 Å². The van der Waals surface area contributed by atoms with E-state index in [0.717, 1.165) is 29.8 Å². The maximum atomic E-state index is 12.8. The first-order valence-electron chi connectivity index (χ1n) is 12.6. The number of amides is 1. The third-order valence-corrected chi connectivity index (χ3v) is 6.97. The number of nitrogens with zero attached hydrogens (tertiary/aromatic N) is 1. The summed E-state index contributed by atoms with van der Waals surface area (Å²) in [7, 11) is 0. The van der Waals surface area contributed by atoms with Crippen LogP contribution in [0.5, 0.6) is 5.75 Å². The number of benzene rings is 1. The minimum Gasteiger partial charge on any atom is -0.491 e. The fraction of sp³-hybridized carbons (Fsp3) is 0.607. The number of carbonyl (C=O) groups is 1. The standard InChI is InChI=1S/C28H44N2O4/c1-8-28(9-2,24-15-13-22(30(24)10-3)26(33)29-16-11-17-31)21-12-14-23(20(4)18-21)34-19-25(32)27(5,6)7/h12-15,18,25,31-32H,8-11,16-17,19H2,1-7H3,(H,29,33). The molecular formula is C28H44N2O4. The summed E-state index contributed by atoms with van der Waals surface area (Å²) < 4.78 is 8.08. The average molecular weight is 473 g/mol. The number of aromatic nitrogens is 1. The van der Waals surface area contributed by atoms with Crippen molar-refractivity contribution in [3.05, 3.63) is 52.8 Å². The molecule has 34 heavy (non-hydrogen) atoms. The summed E-state index contributed by atoms with van der Waals surface area (Å²) in [5.74, 6) is 0.669. The molecule has 1 unspecified atom stereocenters. The normalized spacial score (nSPS) is 13.1. The molecule has 0 aliphatic heterocycles. The van der Waals surface area contributed by atoms with E-state index in [1.807, 2.05) is 39.8 Å². The van der Waals surface area contributed by atoms with E-state index >= 15 is 0 Å². The highest BCUT2D eigenvalue weighted by Gasteiger charge is 2.35. The Morgan fingerprint density at radius 2 is 1.79 bits per heavy atom. The summed E-state index contributed by atoms with van der Waals surface area (Å²) in [4.78, 5) is 12.8. The van der Waals surface area contributed by atoms with Crippen molar-refractivity contribution in [3.63, 3.8) is 0 Å². The SMILES string of the molecule is CCn1c(C(=O)NCCCO)ccc1C(CC)(CC)c1ccc(OCC(O)C(C)(C)C)c(C)c1. The molecule has 0 fully saturated rings. The lowest BCUT2D eigenvalue weighted by Crippen LogP contribution is -2.32. The van der Waals surface area contributed by atoms with Crippen molar-refractivity contribution in [3.8, 4) is 5.75 Å². The van der Waals surface area contributed by atoms with Gasteiger partial charge in [-0.05, 0) is 67.9 Å². The first-order chi connectivity index (χ1) is 16.0. The molecule has 3 N–H and O–H groups in total. The van der Waals surface area contributed by atoms with Crippen LogP contribution in [0.15, 0.2) is 30.3 Å². The molecule has 2 aromatic rings. The molecule has 0 aliphatic rings. The molecule has 0 saturated carbocycles. The number of aryl methyl sites for hydroxylation is 1. The highest BCUT2D eigenvalue weighted by molar-refractivity contribution is 5.93. The van der Waals surface area contributed by atoms with Crippen molar-refractivity contribution in [2.45, 2.75) is 85.8 Å². The quantitative estimate of drug-likeness (QED) is 0.387. The van der Waals surface area contributed by atoms with E-state index in [-0.39, 0.29) is 30.0 Å². The Morgan fingerprint density at radius 3 is 2.32 bits per heavy atom. The minimum atomic E-state index is -0.549. The number of hydrogen-bond acceptors (Lipinski definition) is 4. The van der Waals surface area contributed by atoms with Crippen LogP contribution in [0.3, 0.4) is 0 Å². The van der Waals surface area contributed by atoms with E-state index < -0.39 is 6.10 Å². The first-order valence-corrected chi connectivity index (χ1v) is 12.6. The lowest BCUT2D eigenvalue weighted by Gasteiger charge is -2.35. The van der Waals surface area contributed by atoms with Gasteiger partial charge in [0, 0.05) is 30.8 Å². The number of aliphatic hydroxyl groups excluding tert-OH is 2. The Bertz CT molecular complexity index is 938. The van der Waals surface area contributed by atoms with E-state index in [4.69, 9.17) is 9.84 Å². The maximum Gasteiger partial charge on any atom is 0.267 e. The fourth-order valence-electron chi connectivity index (χ4n) is 4.49. The number of rotatable bonds is 12. The lowest BCUT2D eigenvalue weighted by atomic mass is 9.72. The second kappa shape index (κ2) is 11.9. The Morgan fingerprint density at radius 1 is 1.12 bits per heavy atom. The van der Waals surface area contributed by atoms with Gasteiger partial charge in [-0.15, -0.1) is 0 Å². The highest BCUT2D eigenvalue weighted by atomic mass is 16.5. The maximum absolute atomic E-state index is 12.8. The topological polar surface area (TPSA) is 83.7 Å². The summed E-state index contributed by atoms with van der Waals surface area (Å²) in [6.07, 6.45) is 1.77. The monoisotopic (exact) mass is 472 g/mol. The molecule has 0 saturated heterocycles. The molecule has 190 valence electrons. The van der Waals surface area contributed by atoms with Gasteiger partial charge < -0.3 is 24.8 Å². The van der Waals surface area contributed by atoms with E-state index in [0.29, 0.717) is 25.2 Å². The average Bonchev–Trinajstić information content (AvgIpc) is 3.23. The summed E-state index contributed by atoms with van der Waals surface area (Å²) >= 11 is 0. The Kier molecular flexibility index (Phi) is 9.77. The van der Waals surface area contributed by atoms with Crippen molar-refractivity contribution >= 4 is 5.91 Å². The van der Waals surface area contributed by atoms with Gasteiger partial charge in [-0.2, -0.15) is 0 Å². The summed E-state index contributed by atoms with van der Waals surface area (Å²) in [5, 5.41) is 22.3. The third kappa shape index (κ3) is 6.02. The van der Waals surface area contributed by atoms with Crippen LogP contribution in [0.25, 0.3) is 0 Å². The Labute approximate surface area is 205 Å². The molecule has 6 nitrogen and oxygen atoms in total. The van der Waals surface area contributed by atoms with E-state index in [2.05, 4.69) is 48.9 Å². The molecule has 0 aliphatic carbocycles. The number of carbonyl (C=O) groups excluding carboxylic acids is 1. The Hall–Kier alpha value is -2.31. The number of ether oxygens (including phenoxy) is 1. The zero-order chi connectivity index (χ0) is 25.5. The molecule has 1 amide bonds. The second-order valence-electron chi connectivity index (χ2n) is 10.1. The van der Waals surface area contributed by atoms with Gasteiger partial charge in [-0.3, -0.25) is 4.79 Å². The van der Waals surface area contributed by atoms with Gasteiger partial charge in [-0.1, -0.05) is 46.8 Å². The Balaban J connectivity index is 2.40. The van der Waals surface area contributed by atoms with Gasteiger partial charge in [0.15, 0.2) is 0 Å². The molecule has 0 spiro atoms. The molecule has 1 aromatic carbocycles. The minimum absolute atomic E-state index is 0.0589. The van der Waals surface area contributed by atoms with Gasteiger partial charge >= 0.3 is 0 Å². The molecule has 6 heteroatoms. The fourth-order valence-corrected chi connectivity index (χ4v) is 4.49. The van der Waals surface area contributed by atoms with Crippen LogP contribution < -0.4 is 10.1 Å². The summed E-state index contributed by atoms with van der Waals surface area (Å²) in [6, 6.07) is 10.3. The van der Waals surface area contributed by atoms with Crippen molar-refractivity contribution in [2.24, 2.45) is 5.41 Å². The van der Waals surface area contributed by atoms with Crippen LogP contribution in [-0.2, 0) is 12.0 Å². The van der Waals surface area contributed by atoms with Gasteiger partial charge in [0.25, 0.3) is 5.91 Å². The van der Waals surface area contributed by atoms with E-state index in [9.17, 15) is 9.90 Å². The zero-order valence-electron chi connectivity index (χ0n) is 22.1. The molecule has 1 atom stereocenters.